The largest absolute Gasteiger partial charge is 0.494 e. The number of ether oxygens (including phenoxy) is 2. The van der Waals surface area contributed by atoms with E-state index < -0.39 is 0 Å². The van der Waals surface area contributed by atoms with Crippen LogP contribution >= 0.6 is 0 Å². The number of hydroxylamine groups is 1. The van der Waals surface area contributed by atoms with Crippen LogP contribution in [0.2, 0.25) is 0 Å². The highest BCUT2D eigenvalue weighted by Crippen LogP contribution is 2.42. The van der Waals surface area contributed by atoms with E-state index in [9.17, 15) is 4.79 Å². The molecule has 3 rings (SSSR count). The van der Waals surface area contributed by atoms with E-state index in [1.54, 1.807) is 34.3 Å². The zero-order valence-corrected chi connectivity index (χ0v) is 13.3. The van der Waals surface area contributed by atoms with Gasteiger partial charge in [0, 0.05) is 13.3 Å². The molecule has 1 aromatic carbocycles. The number of nitrogens with zero attached hydrogens (tertiary/aromatic N) is 1. The molecule has 0 unspecified atom stereocenters. The molecule has 0 aliphatic rings. The second kappa shape index (κ2) is 7.01. The molecule has 1 amide bonds. The monoisotopic (exact) mass is 322 g/mol. The van der Waals surface area contributed by atoms with Crippen molar-refractivity contribution in [3.8, 4) is 11.5 Å². The maximum atomic E-state index is 9.82. The van der Waals surface area contributed by atoms with Crippen molar-refractivity contribution in [1.29, 1.82) is 0 Å². The van der Waals surface area contributed by atoms with Crippen molar-refractivity contribution in [2.24, 2.45) is 0 Å². The first-order chi connectivity index (χ1) is 11.1. The van der Waals surface area contributed by atoms with E-state index in [-0.39, 0.29) is 5.91 Å². The van der Waals surface area contributed by atoms with Crippen molar-refractivity contribution < 1.29 is 28.3 Å². The number of furan rings is 1. The minimum Gasteiger partial charge on any atom is -0.494 e. The van der Waals surface area contributed by atoms with Crippen LogP contribution in [0.3, 0.4) is 0 Å². The van der Waals surface area contributed by atoms with E-state index in [4.69, 9.17) is 23.5 Å². The molecule has 0 aliphatic carbocycles. The van der Waals surface area contributed by atoms with Gasteiger partial charge in [-0.3, -0.25) is 10.0 Å². The predicted molar refractivity (Wildman–Crippen MR) is 81.8 cm³/mol. The molecule has 0 aliphatic heterocycles. The van der Waals surface area contributed by atoms with Gasteiger partial charge in [-0.25, -0.2) is 10.5 Å². The number of methoxy groups -OCH3 is 2. The van der Waals surface area contributed by atoms with E-state index in [1.165, 1.54) is 5.48 Å². The van der Waals surface area contributed by atoms with Crippen LogP contribution in [-0.4, -0.2) is 30.3 Å². The zero-order valence-electron chi connectivity index (χ0n) is 13.3. The van der Waals surface area contributed by atoms with E-state index in [0.717, 1.165) is 5.39 Å². The molecule has 2 N–H and O–H groups in total. The van der Waals surface area contributed by atoms with Gasteiger partial charge in [0.15, 0.2) is 22.7 Å². The number of aryl methyl sites for hydroxylation is 1. The summed E-state index contributed by atoms with van der Waals surface area (Å²) in [6.07, 6.45) is 1.91. The lowest BCUT2D eigenvalue weighted by atomic mass is 10.2. The molecule has 0 bridgehead atoms. The number of rotatable bonds is 3. The van der Waals surface area contributed by atoms with Gasteiger partial charge in [0.1, 0.15) is 0 Å². The number of hydrogen-bond donors (Lipinski definition) is 2. The van der Waals surface area contributed by atoms with Crippen molar-refractivity contribution in [3.05, 3.63) is 18.2 Å². The highest BCUT2D eigenvalue weighted by Gasteiger charge is 2.22. The van der Waals surface area contributed by atoms with Crippen molar-refractivity contribution >= 4 is 28.0 Å². The number of hydrogen-bond acceptors (Lipinski definition) is 7. The van der Waals surface area contributed by atoms with Gasteiger partial charge in [0.05, 0.1) is 25.9 Å². The quantitative estimate of drug-likeness (QED) is 0.564. The Balaban J connectivity index is 0.000000277. The average Bonchev–Trinajstić information content (AvgIpc) is 3.18. The van der Waals surface area contributed by atoms with Crippen LogP contribution in [0.25, 0.3) is 22.1 Å². The van der Waals surface area contributed by atoms with Gasteiger partial charge in [-0.15, -0.1) is 0 Å². The molecule has 23 heavy (non-hydrogen) atoms. The standard InChI is InChI=1S/C12H11NO4.C3H7NO2/c1-6-13-8-9(14-2)7-4-5-16-10(7)12(15-3)11(8)17-6;1-2-3(5)4-6/h4-5H,1-3H3;6H,2H2,1H3,(H,4,5). The summed E-state index contributed by atoms with van der Waals surface area (Å²) < 4.78 is 21.6. The molecule has 0 saturated carbocycles. The van der Waals surface area contributed by atoms with Crippen molar-refractivity contribution in [1.82, 2.24) is 10.5 Å². The SMILES string of the molecule is CCC(=O)NO.COc1c2ccoc2c(OC)c2oc(C)nc12. The lowest BCUT2D eigenvalue weighted by Gasteiger charge is -2.05. The fraction of sp³-hybridized carbons (Fsp3) is 0.333. The maximum Gasteiger partial charge on any atom is 0.243 e. The molecule has 0 atom stereocenters. The maximum absolute atomic E-state index is 9.82. The number of fused-ring (bicyclic) bond motifs is 2. The summed E-state index contributed by atoms with van der Waals surface area (Å²) in [5, 5.41) is 8.56. The minimum absolute atomic E-state index is 0.330. The molecule has 124 valence electrons. The highest BCUT2D eigenvalue weighted by molar-refractivity contribution is 6.05. The first kappa shape index (κ1) is 16.6. The molecule has 3 aromatic rings. The van der Waals surface area contributed by atoms with Crippen LogP contribution in [0.15, 0.2) is 21.2 Å². The average molecular weight is 322 g/mol. The van der Waals surface area contributed by atoms with Crippen LogP contribution in [-0.2, 0) is 4.79 Å². The molecule has 2 aromatic heterocycles. The zero-order chi connectivity index (χ0) is 17.0. The van der Waals surface area contributed by atoms with Gasteiger partial charge in [-0.05, 0) is 6.07 Å². The summed E-state index contributed by atoms with van der Waals surface area (Å²) in [4.78, 5) is 14.1. The van der Waals surface area contributed by atoms with Crippen LogP contribution in [0.1, 0.15) is 19.2 Å². The lowest BCUT2D eigenvalue weighted by molar-refractivity contribution is -0.128. The van der Waals surface area contributed by atoms with Crippen LogP contribution in [0.4, 0.5) is 0 Å². The van der Waals surface area contributed by atoms with Crippen LogP contribution in [0, 0.1) is 6.92 Å². The Morgan fingerprint density at radius 3 is 2.52 bits per heavy atom. The first-order valence-electron chi connectivity index (χ1n) is 6.88. The normalized spacial score (nSPS) is 10.3. The number of amides is 1. The third-order valence-corrected chi connectivity index (χ3v) is 3.13. The van der Waals surface area contributed by atoms with Crippen LogP contribution < -0.4 is 15.0 Å². The van der Waals surface area contributed by atoms with E-state index in [2.05, 4.69) is 4.98 Å². The van der Waals surface area contributed by atoms with Gasteiger partial charge >= 0.3 is 0 Å². The summed E-state index contributed by atoms with van der Waals surface area (Å²) in [6, 6.07) is 1.82. The Morgan fingerprint density at radius 2 is 2.00 bits per heavy atom. The third kappa shape index (κ3) is 3.07. The van der Waals surface area contributed by atoms with Crippen molar-refractivity contribution in [2.45, 2.75) is 20.3 Å². The number of benzene rings is 1. The Kier molecular flexibility index (Phi) is 5.07. The second-order valence-electron chi connectivity index (χ2n) is 4.53. The molecule has 2 heterocycles. The van der Waals surface area contributed by atoms with Crippen molar-refractivity contribution in [3.63, 3.8) is 0 Å². The van der Waals surface area contributed by atoms with Crippen molar-refractivity contribution in [2.75, 3.05) is 14.2 Å². The molecular formula is C15H18N2O6. The Morgan fingerprint density at radius 1 is 1.30 bits per heavy atom. The molecule has 0 fully saturated rings. The minimum atomic E-state index is -0.352. The molecule has 8 nitrogen and oxygen atoms in total. The summed E-state index contributed by atoms with van der Waals surface area (Å²) in [5.74, 6) is 1.39. The van der Waals surface area contributed by atoms with E-state index in [1.807, 2.05) is 6.07 Å². The molecule has 0 spiro atoms. The van der Waals surface area contributed by atoms with Gasteiger partial charge in [0.2, 0.25) is 17.2 Å². The van der Waals surface area contributed by atoms with Gasteiger partial charge < -0.3 is 18.3 Å². The van der Waals surface area contributed by atoms with Crippen LogP contribution in [0.5, 0.6) is 11.5 Å². The van der Waals surface area contributed by atoms with Gasteiger partial charge in [0.25, 0.3) is 0 Å². The number of carbonyl (C=O) groups is 1. The summed E-state index contributed by atoms with van der Waals surface area (Å²) in [7, 11) is 3.17. The number of aromatic nitrogens is 1. The smallest absolute Gasteiger partial charge is 0.243 e. The number of carbonyl (C=O) groups excluding carboxylic acids is 1. The molecular weight excluding hydrogens is 304 g/mol. The fourth-order valence-corrected chi connectivity index (χ4v) is 2.10. The molecule has 0 saturated heterocycles. The van der Waals surface area contributed by atoms with E-state index in [0.29, 0.717) is 40.5 Å². The van der Waals surface area contributed by atoms with Gasteiger partial charge in [-0.2, -0.15) is 0 Å². The van der Waals surface area contributed by atoms with Gasteiger partial charge in [-0.1, -0.05) is 6.92 Å². The summed E-state index contributed by atoms with van der Waals surface area (Å²) in [5.41, 5.74) is 3.27. The molecule has 0 radical (unpaired) electrons. The highest BCUT2D eigenvalue weighted by atomic mass is 16.5. The topological polar surface area (TPSA) is 107 Å². The second-order valence-corrected chi connectivity index (χ2v) is 4.53. The Hall–Kier alpha value is -2.74. The lowest BCUT2D eigenvalue weighted by Crippen LogP contribution is -2.16. The molecule has 8 heteroatoms. The fourth-order valence-electron chi connectivity index (χ4n) is 2.10. The summed E-state index contributed by atoms with van der Waals surface area (Å²) in [6.45, 7) is 3.44. The van der Waals surface area contributed by atoms with E-state index >= 15 is 0 Å². The first-order valence-corrected chi connectivity index (χ1v) is 6.88. The predicted octanol–water partition coefficient (Wildman–Crippen LogP) is 2.80. The summed E-state index contributed by atoms with van der Waals surface area (Å²) >= 11 is 0. The Labute approximate surface area is 131 Å². The number of nitrogens with one attached hydrogen (secondary N) is 1. The third-order valence-electron chi connectivity index (χ3n) is 3.13. The Bertz CT molecular complexity index is 758. The number of oxazole rings is 1.